The van der Waals surface area contributed by atoms with Gasteiger partial charge in [0.25, 0.3) is 5.91 Å². The number of piperazine rings is 1. The third-order valence-corrected chi connectivity index (χ3v) is 7.32. The summed E-state index contributed by atoms with van der Waals surface area (Å²) in [4.78, 5) is 20.4. The lowest BCUT2D eigenvalue weighted by atomic mass is 10.2. The van der Waals surface area contributed by atoms with Gasteiger partial charge in [0.05, 0.1) is 5.69 Å². The SMILES string of the molecule is CCc1nnsc1C(=O)N1CCN(Cc2ccc(-c3ccc(Br)cc3)s2)CC1. The number of aryl methyl sites for hydroxylation is 1. The number of aromatic nitrogens is 2. The number of carbonyl (C=O) groups excluding carboxylic acids is 1. The van der Waals surface area contributed by atoms with Gasteiger partial charge < -0.3 is 4.90 Å². The first-order valence-electron chi connectivity index (χ1n) is 9.31. The van der Waals surface area contributed by atoms with Crippen LogP contribution in [0, 0.1) is 0 Å². The van der Waals surface area contributed by atoms with Gasteiger partial charge in [-0.3, -0.25) is 9.69 Å². The molecule has 3 aromatic rings. The Morgan fingerprint density at radius 2 is 1.86 bits per heavy atom. The van der Waals surface area contributed by atoms with Crippen molar-refractivity contribution in [1.29, 1.82) is 0 Å². The summed E-state index contributed by atoms with van der Waals surface area (Å²) in [5.41, 5.74) is 2.07. The second-order valence-electron chi connectivity index (χ2n) is 6.74. The fraction of sp³-hybridized carbons (Fsp3) is 0.350. The predicted molar refractivity (Wildman–Crippen MR) is 118 cm³/mol. The van der Waals surface area contributed by atoms with E-state index in [1.165, 1.54) is 26.9 Å². The van der Waals surface area contributed by atoms with E-state index in [0.29, 0.717) is 4.88 Å². The highest BCUT2D eigenvalue weighted by molar-refractivity contribution is 9.10. The Kier molecular flexibility index (Phi) is 6.20. The molecule has 0 radical (unpaired) electrons. The second-order valence-corrected chi connectivity index (χ2v) is 9.58. The van der Waals surface area contributed by atoms with E-state index in [1.54, 1.807) is 0 Å². The number of carbonyl (C=O) groups is 1. The van der Waals surface area contributed by atoms with Gasteiger partial charge in [-0.25, -0.2) is 0 Å². The number of hydrogen-bond acceptors (Lipinski definition) is 6. The first-order valence-corrected chi connectivity index (χ1v) is 11.7. The molecule has 146 valence electrons. The van der Waals surface area contributed by atoms with Gasteiger partial charge in [0.1, 0.15) is 4.88 Å². The highest BCUT2D eigenvalue weighted by atomic mass is 79.9. The number of thiophene rings is 1. The fourth-order valence-electron chi connectivity index (χ4n) is 3.31. The number of nitrogens with zero attached hydrogens (tertiary/aromatic N) is 4. The van der Waals surface area contributed by atoms with Crippen LogP contribution in [-0.4, -0.2) is 51.5 Å². The number of amides is 1. The second kappa shape index (κ2) is 8.82. The maximum absolute atomic E-state index is 12.7. The van der Waals surface area contributed by atoms with E-state index < -0.39 is 0 Å². The zero-order valence-corrected chi connectivity index (χ0v) is 18.8. The zero-order valence-electron chi connectivity index (χ0n) is 15.6. The summed E-state index contributed by atoms with van der Waals surface area (Å²) in [5, 5.41) is 4.06. The molecule has 0 bridgehead atoms. The standard InChI is InChI=1S/C20H21BrN4OS2/c1-2-17-19(28-23-22-17)20(26)25-11-9-24(10-12-25)13-16-7-8-18(27-16)14-3-5-15(21)6-4-14/h3-8H,2,9-13H2,1H3. The number of rotatable bonds is 5. The average molecular weight is 477 g/mol. The molecule has 3 heterocycles. The number of benzene rings is 1. The summed E-state index contributed by atoms with van der Waals surface area (Å²) in [5.74, 6) is 0.0835. The van der Waals surface area contributed by atoms with Crippen molar-refractivity contribution < 1.29 is 4.79 Å². The minimum Gasteiger partial charge on any atom is -0.335 e. The van der Waals surface area contributed by atoms with E-state index in [4.69, 9.17) is 0 Å². The molecule has 0 N–H and O–H groups in total. The van der Waals surface area contributed by atoms with Gasteiger partial charge >= 0.3 is 0 Å². The van der Waals surface area contributed by atoms with Crippen molar-refractivity contribution in [3.8, 4) is 10.4 Å². The van der Waals surface area contributed by atoms with E-state index in [1.807, 2.05) is 23.2 Å². The quantitative estimate of drug-likeness (QED) is 0.541. The third kappa shape index (κ3) is 4.35. The first-order chi connectivity index (χ1) is 13.6. The molecule has 1 saturated heterocycles. The van der Waals surface area contributed by atoms with Crippen LogP contribution in [0.3, 0.4) is 0 Å². The van der Waals surface area contributed by atoms with Crippen molar-refractivity contribution in [2.75, 3.05) is 26.2 Å². The Morgan fingerprint density at radius 1 is 1.11 bits per heavy atom. The van der Waals surface area contributed by atoms with Gasteiger partial charge in [0.2, 0.25) is 0 Å². The molecule has 0 unspecified atom stereocenters. The minimum absolute atomic E-state index is 0.0835. The van der Waals surface area contributed by atoms with Crippen LogP contribution in [0.5, 0.6) is 0 Å². The molecule has 8 heteroatoms. The van der Waals surface area contributed by atoms with Crippen LogP contribution in [0.25, 0.3) is 10.4 Å². The van der Waals surface area contributed by atoms with Crippen LogP contribution < -0.4 is 0 Å². The van der Waals surface area contributed by atoms with Gasteiger partial charge in [-0.15, -0.1) is 16.4 Å². The summed E-state index contributed by atoms with van der Waals surface area (Å²) >= 11 is 6.54. The first kappa shape index (κ1) is 19.7. The molecule has 4 rings (SSSR count). The Bertz CT molecular complexity index is 945. The summed E-state index contributed by atoms with van der Waals surface area (Å²) in [7, 11) is 0. The van der Waals surface area contributed by atoms with E-state index in [-0.39, 0.29) is 5.91 Å². The highest BCUT2D eigenvalue weighted by Gasteiger charge is 2.25. The van der Waals surface area contributed by atoms with Crippen LogP contribution in [0.1, 0.15) is 27.2 Å². The van der Waals surface area contributed by atoms with Crippen LogP contribution in [0.2, 0.25) is 0 Å². The number of halogens is 1. The molecule has 1 aromatic carbocycles. The lowest BCUT2D eigenvalue weighted by Gasteiger charge is -2.34. The van der Waals surface area contributed by atoms with Crippen LogP contribution in [0.4, 0.5) is 0 Å². The molecule has 5 nitrogen and oxygen atoms in total. The highest BCUT2D eigenvalue weighted by Crippen LogP contribution is 2.30. The van der Waals surface area contributed by atoms with Crippen molar-refractivity contribution in [2.45, 2.75) is 19.9 Å². The van der Waals surface area contributed by atoms with E-state index in [0.717, 1.165) is 49.3 Å². The van der Waals surface area contributed by atoms with Crippen LogP contribution in [-0.2, 0) is 13.0 Å². The molecule has 1 aliphatic heterocycles. The zero-order chi connectivity index (χ0) is 19.5. The van der Waals surface area contributed by atoms with Gasteiger partial charge in [0.15, 0.2) is 0 Å². The molecule has 2 aromatic heterocycles. The monoisotopic (exact) mass is 476 g/mol. The molecule has 0 spiro atoms. The molecule has 28 heavy (non-hydrogen) atoms. The molecule has 1 amide bonds. The van der Waals surface area contributed by atoms with Crippen LogP contribution in [0.15, 0.2) is 40.9 Å². The normalized spacial score (nSPS) is 15.1. The van der Waals surface area contributed by atoms with Gasteiger partial charge in [-0.2, -0.15) is 0 Å². The third-order valence-electron chi connectivity index (χ3n) is 4.91. The predicted octanol–water partition coefficient (Wildman–Crippen LogP) is 4.55. The molecule has 0 saturated carbocycles. The largest absolute Gasteiger partial charge is 0.335 e. The topological polar surface area (TPSA) is 49.3 Å². The van der Waals surface area contributed by atoms with E-state index in [9.17, 15) is 4.79 Å². The van der Waals surface area contributed by atoms with Crippen molar-refractivity contribution >= 4 is 44.7 Å². The van der Waals surface area contributed by atoms with Gasteiger partial charge in [0, 0.05) is 47.0 Å². The van der Waals surface area contributed by atoms with Crippen molar-refractivity contribution in [2.24, 2.45) is 0 Å². The lowest BCUT2D eigenvalue weighted by molar-refractivity contribution is 0.0633. The summed E-state index contributed by atoms with van der Waals surface area (Å²) in [6, 6.07) is 12.9. The molecule has 1 aliphatic rings. The molecular formula is C20H21BrN4OS2. The van der Waals surface area contributed by atoms with E-state index >= 15 is 0 Å². The van der Waals surface area contributed by atoms with Gasteiger partial charge in [-0.1, -0.05) is 39.5 Å². The van der Waals surface area contributed by atoms with Crippen molar-refractivity contribution in [3.63, 3.8) is 0 Å². The summed E-state index contributed by atoms with van der Waals surface area (Å²) in [6.07, 6.45) is 0.747. The minimum atomic E-state index is 0.0835. The maximum atomic E-state index is 12.7. The fourth-order valence-corrected chi connectivity index (χ4v) is 5.35. The van der Waals surface area contributed by atoms with E-state index in [2.05, 4.69) is 66.8 Å². The molecule has 0 aliphatic carbocycles. The number of hydrogen-bond donors (Lipinski definition) is 0. The lowest BCUT2D eigenvalue weighted by Crippen LogP contribution is -2.48. The summed E-state index contributed by atoms with van der Waals surface area (Å²) < 4.78 is 5.04. The van der Waals surface area contributed by atoms with Crippen LogP contribution >= 0.6 is 38.8 Å². The smallest absolute Gasteiger partial charge is 0.267 e. The maximum Gasteiger partial charge on any atom is 0.267 e. The van der Waals surface area contributed by atoms with Gasteiger partial charge in [-0.05, 0) is 47.8 Å². The Balaban J connectivity index is 1.33. The Labute approximate surface area is 181 Å². The molecule has 1 fully saturated rings. The average Bonchev–Trinajstić information content (AvgIpc) is 3.38. The van der Waals surface area contributed by atoms with Crippen molar-refractivity contribution in [1.82, 2.24) is 19.4 Å². The summed E-state index contributed by atoms with van der Waals surface area (Å²) in [6.45, 7) is 6.24. The van der Waals surface area contributed by atoms with Crippen molar-refractivity contribution in [3.05, 3.63) is 56.3 Å². The Hall–Kier alpha value is -1.61. The molecule has 0 atom stereocenters. The Morgan fingerprint density at radius 3 is 2.57 bits per heavy atom. The molecular weight excluding hydrogens is 456 g/mol.